The van der Waals surface area contributed by atoms with E-state index in [1.165, 1.54) is 32.3 Å². The van der Waals surface area contributed by atoms with E-state index >= 15 is 0 Å². The Balaban J connectivity index is 0.000000173. The third-order valence-corrected chi connectivity index (χ3v) is 21.4. The van der Waals surface area contributed by atoms with Gasteiger partial charge in [0.1, 0.15) is 5.01 Å². The van der Waals surface area contributed by atoms with Gasteiger partial charge >= 0.3 is 0 Å². The molecule has 522 valence electrons. The standard InChI is InChI=1S/C29H32BrN3O4.C23H24BrN3O4S.C21H30BrN3O4/c1-20(21-12-14-24(30)15-13-21)31-28(36)26(34)27(35)29(37)33-18-16-32(17-19-33)25(22-8-4-2-5-9-22)23-10-6-3-7-11-23;1-13(14-8-10-15(24)11-9-14)25-21(30)19(28)20(29)23(31)27-12-4-6-17(27)22-26-16-5-2-3-7-18(16)32-22;1-14(15-3-5-16(22)6-4-15)24-19(28)17(26)18(27)20(29)25-11-8-21(9-12-25)7-2-10-23-13-21/h2-15,20,25-27,34-35H,16-19H2,1H3,(H,31,36);2-3,5,7-11,13,17,19-20,28-29H,4,6,12H2,1H3,(H,25,30);3-6,14,17-18,23,26-27H,2,7-13H2,1H3,(H,24,28)/t20-,26+,27+;13-,17?,19+,20+;14-,17+,18+/m000/s1. The number of likely N-dealkylation sites (tertiary alicyclic amines) is 2. The first-order valence-corrected chi connectivity index (χ1v) is 36.2. The third kappa shape index (κ3) is 19.6. The van der Waals surface area contributed by atoms with Gasteiger partial charge in [0.2, 0.25) is 0 Å². The number of hydrogen-bond donors (Lipinski definition) is 10. The summed E-state index contributed by atoms with van der Waals surface area (Å²) in [6.07, 6.45) is -5.41. The van der Waals surface area contributed by atoms with Crippen LogP contribution < -0.4 is 21.3 Å². The SMILES string of the molecule is C[C@H](NC(=O)[C@H](O)[C@@H](O)C(=O)N1CCC2(CCCNC2)CC1)c1ccc(Br)cc1.C[C@H](NC(=O)[C@H](O)[C@@H](O)C(=O)N1CCCC1c1nc2ccccc2s1)c1ccc(Br)cc1.C[C@H](NC(=O)[C@H](O)[C@@H](O)C(=O)N1CCN(C(c2ccccc2)c2ccccc2)CC1)c1ccc(Br)cc1. The number of nitrogens with zero attached hydrogens (tertiary/aromatic N) is 5. The van der Waals surface area contributed by atoms with Gasteiger partial charge in [0.25, 0.3) is 35.4 Å². The number of thiazole rings is 1. The number of para-hydroxylation sites is 1. The van der Waals surface area contributed by atoms with Crippen LogP contribution in [0.3, 0.4) is 0 Å². The molecule has 11 rings (SSSR count). The number of nitrogens with one attached hydrogen (secondary N) is 4. The molecule has 1 aromatic heterocycles. The van der Waals surface area contributed by atoms with Crippen LogP contribution in [0.1, 0.15) is 122 Å². The fourth-order valence-corrected chi connectivity index (χ4v) is 14.8. The van der Waals surface area contributed by atoms with Crippen LogP contribution in [-0.2, 0) is 28.8 Å². The van der Waals surface area contributed by atoms with E-state index in [0.29, 0.717) is 45.8 Å². The van der Waals surface area contributed by atoms with Crippen molar-refractivity contribution in [3.63, 3.8) is 0 Å². The maximum absolute atomic E-state index is 13.0. The lowest BCUT2D eigenvalue weighted by atomic mass is 9.73. The Kier molecular flexibility index (Phi) is 27.3. The smallest absolute Gasteiger partial charge is 0.255 e. The molecule has 0 radical (unpaired) electrons. The summed E-state index contributed by atoms with van der Waals surface area (Å²) in [6, 6.07) is 49.1. The highest BCUT2D eigenvalue weighted by Crippen LogP contribution is 2.39. The molecule has 10 atom stereocenters. The zero-order chi connectivity index (χ0) is 70.2. The number of amides is 6. The van der Waals surface area contributed by atoms with Gasteiger partial charge in [-0.1, -0.05) is 157 Å². The highest BCUT2D eigenvalue weighted by Gasteiger charge is 2.43. The van der Waals surface area contributed by atoms with Crippen molar-refractivity contribution in [3.8, 4) is 0 Å². The number of benzene rings is 6. The Morgan fingerprint density at radius 3 is 1.31 bits per heavy atom. The highest BCUT2D eigenvalue weighted by molar-refractivity contribution is 9.11. The lowest BCUT2D eigenvalue weighted by Gasteiger charge is -2.44. The van der Waals surface area contributed by atoms with Crippen molar-refractivity contribution in [2.75, 3.05) is 58.9 Å². The van der Waals surface area contributed by atoms with Gasteiger partial charge < -0.3 is 66.6 Å². The zero-order valence-corrected chi connectivity index (χ0v) is 60.5. The molecule has 7 aromatic rings. The normalized spacial score (nSPS) is 19.0. The van der Waals surface area contributed by atoms with Crippen LogP contribution in [0.2, 0.25) is 0 Å². The summed E-state index contributed by atoms with van der Waals surface area (Å²) in [5.41, 5.74) is 5.97. The first-order chi connectivity index (χ1) is 47.0. The largest absolute Gasteiger partial charge is 0.380 e. The average Bonchev–Trinajstić information content (AvgIpc) is 1.40. The molecule has 25 heteroatoms. The Bertz CT molecular complexity index is 3690. The number of fused-ring (bicyclic) bond motifs is 1. The number of piperidine rings is 2. The van der Waals surface area contributed by atoms with Gasteiger partial charge in [-0.05, 0) is 148 Å². The third-order valence-electron chi connectivity index (χ3n) is 18.7. The molecule has 1 unspecified atom stereocenters. The molecule has 0 aliphatic carbocycles. The van der Waals surface area contributed by atoms with Gasteiger partial charge in [-0.3, -0.25) is 33.7 Å². The van der Waals surface area contributed by atoms with Crippen molar-refractivity contribution in [1.29, 1.82) is 0 Å². The Morgan fingerprint density at radius 1 is 0.480 bits per heavy atom. The molecule has 4 aliphatic heterocycles. The lowest BCUT2D eigenvalue weighted by Crippen LogP contribution is -2.56. The zero-order valence-electron chi connectivity index (χ0n) is 54.9. The van der Waals surface area contributed by atoms with E-state index in [0.717, 1.165) is 96.9 Å². The summed E-state index contributed by atoms with van der Waals surface area (Å²) in [7, 11) is 0. The Morgan fingerprint density at radius 2 is 0.888 bits per heavy atom. The molecule has 21 nitrogen and oxygen atoms in total. The number of halogens is 3. The maximum atomic E-state index is 13.0. The van der Waals surface area contributed by atoms with Crippen LogP contribution in [0.25, 0.3) is 10.2 Å². The van der Waals surface area contributed by atoms with Gasteiger partial charge in [-0.2, -0.15) is 0 Å². The number of aliphatic hydroxyl groups excluding tert-OH is 6. The average molecular weight is 1550 g/mol. The summed E-state index contributed by atoms with van der Waals surface area (Å²) >= 11 is 11.6. The number of piperazine rings is 1. The second-order valence-electron chi connectivity index (χ2n) is 25.4. The maximum Gasteiger partial charge on any atom is 0.255 e. The highest BCUT2D eigenvalue weighted by atomic mass is 79.9. The molecule has 6 amide bonds. The predicted octanol–water partition coefficient (Wildman–Crippen LogP) is 7.94. The first-order valence-electron chi connectivity index (χ1n) is 33.1. The number of hydrogen-bond acceptors (Lipinski definition) is 16. The van der Waals surface area contributed by atoms with E-state index in [-0.39, 0.29) is 23.5 Å². The van der Waals surface area contributed by atoms with Crippen LogP contribution in [-0.4, -0.2) is 186 Å². The summed E-state index contributed by atoms with van der Waals surface area (Å²) in [6.45, 7) is 10.8. The van der Waals surface area contributed by atoms with E-state index in [2.05, 4.69) is 103 Å². The fraction of sp³-hybridized carbons (Fsp3) is 0.411. The van der Waals surface area contributed by atoms with E-state index in [1.807, 2.05) is 133 Å². The molecule has 1 spiro atoms. The van der Waals surface area contributed by atoms with E-state index in [9.17, 15) is 59.4 Å². The van der Waals surface area contributed by atoms with Crippen LogP contribution in [0.4, 0.5) is 0 Å². The molecule has 4 saturated heterocycles. The van der Waals surface area contributed by atoms with Crippen molar-refractivity contribution in [2.24, 2.45) is 5.41 Å². The van der Waals surface area contributed by atoms with Crippen molar-refractivity contribution < 1.29 is 59.4 Å². The second-order valence-corrected chi connectivity index (χ2v) is 29.2. The Labute approximate surface area is 600 Å². The molecule has 0 bridgehead atoms. The number of carbonyl (C=O) groups excluding carboxylic acids is 6. The van der Waals surface area contributed by atoms with E-state index in [1.54, 1.807) is 25.7 Å². The van der Waals surface area contributed by atoms with Crippen LogP contribution in [0.15, 0.2) is 171 Å². The summed E-state index contributed by atoms with van der Waals surface area (Å²) in [5, 5.41) is 74.7. The van der Waals surface area contributed by atoms with Crippen molar-refractivity contribution in [2.45, 2.75) is 126 Å². The second kappa shape index (κ2) is 35.5. The summed E-state index contributed by atoms with van der Waals surface area (Å²) in [5.74, 6) is -4.23. The lowest BCUT2D eigenvalue weighted by molar-refractivity contribution is -0.155. The van der Waals surface area contributed by atoms with Gasteiger partial charge in [0.15, 0.2) is 36.6 Å². The molecule has 4 aliphatic rings. The minimum atomic E-state index is -1.86. The molecule has 0 saturated carbocycles. The minimum Gasteiger partial charge on any atom is -0.380 e. The molecule has 4 fully saturated rings. The summed E-state index contributed by atoms with van der Waals surface area (Å²) < 4.78 is 3.78. The van der Waals surface area contributed by atoms with Crippen LogP contribution in [0, 0.1) is 5.41 Å². The molecular formula is C73H86Br3N9O12S. The van der Waals surface area contributed by atoms with E-state index < -0.39 is 84.2 Å². The van der Waals surface area contributed by atoms with Crippen molar-refractivity contribution >= 4 is 105 Å². The van der Waals surface area contributed by atoms with Crippen molar-refractivity contribution in [3.05, 3.63) is 204 Å². The molecule has 6 aromatic carbocycles. The number of aliphatic hydroxyl groups is 6. The molecule has 98 heavy (non-hydrogen) atoms. The summed E-state index contributed by atoms with van der Waals surface area (Å²) in [4.78, 5) is 87.6. The predicted molar refractivity (Wildman–Crippen MR) is 385 cm³/mol. The van der Waals surface area contributed by atoms with Gasteiger partial charge in [0.05, 0.1) is 40.4 Å². The monoisotopic (exact) mass is 1550 g/mol. The topological polar surface area (TPSA) is 298 Å². The van der Waals surface area contributed by atoms with Crippen LogP contribution in [0.5, 0.6) is 0 Å². The molecular weight excluding hydrogens is 1470 g/mol. The van der Waals surface area contributed by atoms with Gasteiger partial charge in [0, 0.05) is 65.8 Å². The molecule has 5 heterocycles. The number of carbonyl (C=O) groups is 6. The van der Waals surface area contributed by atoms with Gasteiger partial charge in [-0.25, -0.2) is 4.98 Å². The Hall–Kier alpha value is -6.85. The van der Waals surface area contributed by atoms with Crippen molar-refractivity contribution in [1.82, 2.24) is 45.9 Å². The van der Waals surface area contributed by atoms with Gasteiger partial charge in [-0.15, -0.1) is 11.3 Å². The quantitative estimate of drug-likeness (QED) is 0.0368. The first kappa shape index (κ1) is 75.4. The number of aromatic nitrogens is 1. The number of rotatable bonds is 19. The van der Waals surface area contributed by atoms with E-state index in [4.69, 9.17) is 0 Å². The molecule has 10 N–H and O–H groups in total. The minimum absolute atomic E-state index is 0.0426. The van der Waals surface area contributed by atoms with Crippen LogP contribution >= 0.6 is 59.1 Å². The fourth-order valence-electron chi connectivity index (χ4n) is 12.8.